The molecule has 98 valence electrons. The van der Waals surface area contributed by atoms with Crippen LogP contribution in [0.2, 0.25) is 0 Å². The zero-order valence-corrected chi connectivity index (χ0v) is 12.1. The number of rotatable bonds is 3. The van der Waals surface area contributed by atoms with Crippen molar-refractivity contribution in [3.8, 4) is 0 Å². The topological polar surface area (TPSA) is 43.6 Å². The maximum atomic E-state index is 4.74. The normalized spacial score (nSPS) is 12.3. The summed E-state index contributed by atoms with van der Waals surface area (Å²) in [6.07, 6.45) is 1.88. The molecule has 0 saturated carbocycles. The molecule has 4 heteroatoms. The molecule has 0 aliphatic carbocycles. The third kappa shape index (κ3) is 2.11. The Hall–Kier alpha value is -1.45. The third-order valence-electron chi connectivity index (χ3n) is 3.08. The van der Waals surface area contributed by atoms with Crippen molar-refractivity contribution < 1.29 is 0 Å². The van der Waals surface area contributed by atoms with E-state index in [1.807, 2.05) is 10.9 Å². The molecule has 2 rings (SSSR count). The summed E-state index contributed by atoms with van der Waals surface area (Å²) in [5.41, 5.74) is 3.93. The van der Waals surface area contributed by atoms with Crippen molar-refractivity contribution >= 4 is 11.2 Å². The Kier molecular flexibility index (Phi) is 3.37. The highest BCUT2D eigenvalue weighted by Gasteiger charge is 2.18. The van der Waals surface area contributed by atoms with Crippen LogP contribution in [0.15, 0.2) is 6.20 Å². The molecule has 0 N–H and O–H groups in total. The van der Waals surface area contributed by atoms with Crippen molar-refractivity contribution in [1.29, 1.82) is 0 Å². The van der Waals surface area contributed by atoms with E-state index < -0.39 is 0 Å². The summed E-state index contributed by atoms with van der Waals surface area (Å²) in [5, 5.41) is 4.68. The van der Waals surface area contributed by atoms with Crippen molar-refractivity contribution in [2.45, 2.75) is 59.4 Å². The molecule has 0 unspecified atom stereocenters. The van der Waals surface area contributed by atoms with Crippen LogP contribution in [0.1, 0.15) is 70.8 Å². The Bertz CT molecular complexity index is 552. The second-order valence-electron chi connectivity index (χ2n) is 5.70. The molecule has 0 spiro atoms. The van der Waals surface area contributed by atoms with E-state index in [-0.39, 0.29) is 0 Å². The zero-order chi connectivity index (χ0) is 13.4. The van der Waals surface area contributed by atoms with Crippen molar-refractivity contribution in [3.63, 3.8) is 0 Å². The van der Waals surface area contributed by atoms with Crippen molar-refractivity contribution in [2.24, 2.45) is 0 Å². The average Bonchev–Trinajstić information content (AvgIpc) is 2.67. The van der Waals surface area contributed by atoms with Gasteiger partial charge in [0.2, 0.25) is 0 Å². The molecule has 0 radical (unpaired) electrons. The summed E-state index contributed by atoms with van der Waals surface area (Å²) in [7, 11) is 0. The lowest BCUT2D eigenvalue weighted by Gasteiger charge is -2.08. The van der Waals surface area contributed by atoms with E-state index in [0.717, 1.165) is 22.6 Å². The SMILES string of the molecule is CC(C)c1cnc2c(C(C)C)nn(C(C)C)c2n1. The molecule has 0 atom stereocenters. The van der Waals surface area contributed by atoms with Crippen LogP contribution in [0.4, 0.5) is 0 Å². The van der Waals surface area contributed by atoms with Gasteiger partial charge in [-0.1, -0.05) is 27.7 Å². The van der Waals surface area contributed by atoms with Crippen molar-refractivity contribution in [3.05, 3.63) is 17.6 Å². The van der Waals surface area contributed by atoms with E-state index in [0.29, 0.717) is 17.9 Å². The molecule has 0 saturated heterocycles. The van der Waals surface area contributed by atoms with E-state index in [2.05, 4.69) is 51.6 Å². The van der Waals surface area contributed by atoms with Gasteiger partial charge in [-0.05, 0) is 25.7 Å². The second-order valence-corrected chi connectivity index (χ2v) is 5.70. The van der Waals surface area contributed by atoms with E-state index in [9.17, 15) is 0 Å². The first-order valence-corrected chi connectivity index (χ1v) is 6.66. The van der Waals surface area contributed by atoms with Crippen LogP contribution in [0, 0.1) is 0 Å². The molecule has 0 aliphatic rings. The predicted molar refractivity (Wildman–Crippen MR) is 73.9 cm³/mol. The lowest BCUT2D eigenvalue weighted by molar-refractivity contribution is 0.534. The van der Waals surface area contributed by atoms with Crippen LogP contribution in [-0.4, -0.2) is 19.7 Å². The largest absolute Gasteiger partial charge is 0.249 e. The number of nitrogens with zero attached hydrogens (tertiary/aromatic N) is 4. The molecule has 0 aliphatic heterocycles. The first kappa shape index (κ1) is 13.0. The number of fused-ring (bicyclic) bond motifs is 1. The highest BCUT2D eigenvalue weighted by atomic mass is 15.3. The lowest BCUT2D eigenvalue weighted by atomic mass is 10.1. The number of hydrogen-bond acceptors (Lipinski definition) is 3. The quantitative estimate of drug-likeness (QED) is 0.830. The van der Waals surface area contributed by atoms with Crippen LogP contribution in [0.3, 0.4) is 0 Å². The lowest BCUT2D eigenvalue weighted by Crippen LogP contribution is -2.05. The smallest absolute Gasteiger partial charge is 0.177 e. The van der Waals surface area contributed by atoms with E-state index in [1.165, 1.54) is 0 Å². The fraction of sp³-hybridized carbons (Fsp3) is 0.643. The van der Waals surface area contributed by atoms with Gasteiger partial charge < -0.3 is 0 Å². The molecule has 0 aromatic carbocycles. The van der Waals surface area contributed by atoms with Crippen LogP contribution in [0.5, 0.6) is 0 Å². The summed E-state index contributed by atoms with van der Waals surface area (Å²) in [5.74, 6) is 0.756. The molecule has 0 fully saturated rings. The van der Waals surface area contributed by atoms with Gasteiger partial charge in [0.1, 0.15) is 5.52 Å². The first-order valence-electron chi connectivity index (χ1n) is 6.66. The van der Waals surface area contributed by atoms with Crippen LogP contribution in [-0.2, 0) is 0 Å². The summed E-state index contributed by atoms with van der Waals surface area (Å²) >= 11 is 0. The minimum atomic E-state index is 0.303. The Morgan fingerprint density at radius 2 is 1.67 bits per heavy atom. The minimum absolute atomic E-state index is 0.303. The summed E-state index contributed by atoms with van der Waals surface area (Å²) in [4.78, 5) is 9.32. The second kappa shape index (κ2) is 4.67. The molecule has 0 amide bonds. The number of aromatic nitrogens is 4. The van der Waals surface area contributed by atoms with E-state index in [4.69, 9.17) is 4.98 Å². The van der Waals surface area contributed by atoms with Gasteiger partial charge in [-0.15, -0.1) is 0 Å². The third-order valence-corrected chi connectivity index (χ3v) is 3.08. The highest BCUT2D eigenvalue weighted by molar-refractivity contribution is 5.74. The maximum Gasteiger partial charge on any atom is 0.177 e. The van der Waals surface area contributed by atoms with Gasteiger partial charge in [0.15, 0.2) is 5.65 Å². The zero-order valence-electron chi connectivity index (χ0n) is 12.1. The monoisotopic (exact) mass is 246 g/mol. The fourth-order valence-corrected chi connectivity index (χ4v) is 1.97. The molecule has 2 aromatic rings. The van der Waals surface area contributed by atoms with Crippen molar-refractivity contribution in [1.82, 2.24) is 19.7 Å². The minimum Gasteiger partial charge on any atom is -0.249 e. The average molecular weight is 246 g/mol. The molecule has 2 heterocycles. The molecular weight excluding hydrogens is 224 g/mol. The van der Waals surface area contributed by atoms with E-state index in [1.54, 1.807) is 0 Å². The molecule has 0 bridgehead atoms. The van der Waals surface area contributed by atoms with Gasteiger partial charge >= 0.3 is 0 Å². The highest BCUT2D eigenvalue weighted by Crippen LogP contribution is 2.25. The predicted octanol–water partition coefficient (Wildman–Crippen LogP) is 3.65. The maximum absolute atomic E-state index is 4.74. The van der Waals surface area contributed by atoms with Gasteiger partial charge in [-0.2, -0.15) is 5.10 Å². The fourth-order valence-electron chi connectivity index (χ4n) is 1.97. The van der Waals surface area contributed by atoms with Crippen LogP contribution >= 0.6 is 0 Å². The Morgan fingerprint density at radius 3 is 2.17 bits per heavy atom. The van der Waals surface area contributed by atoms with Gasteiger partial charge in [-0.25, -0.2) is 14.6 Å². The van der Waals surface area contributed by atoms with Gasteiger partial charge in [0.25, 0.3) is 0 Å². The van der Waals surface area contributed by atoms with E-state index >= 15 is 0 Å². The van der Waals surface area contributed by atoms with Gasteiger partial charge in [0.05, 0.1) is 11.4 Å². The Labute approximate surface area is 108 Å². The number of hydrogen-bond donors (Lipinski definition) is 0. The molecule has 4 nitrogen and oxygen atoms in total. The summed E-state index contributed by atoms with van der Waals surface area (Å²) < 4.78 is 1.99. The van der Waals surface area contributed by atoms with Crippen LogP contribution < -0.4 is 0 Å². The summed E-state index contributed by atoms with van der Waals surface area (Å²) in [6, 6.07) is 0.303. The molecular formula is C14H22N4. The first-order chi connectivity index (χ1) is 8.41. The summed E-state index contributed by atoms with van der Waals surface area (Å²) in [6.45, 7) is 12.8. The van der Waals surface area contributed by atoms with Gasteiger partial charge in [-0.3, -0.25) is 0 Å². The standard InChI is InChI=1S/C14H22N4/c1-8(2)11-7-15-13-12(9(3)4)17-18(10(5)6)14(13)16-11/h7-10H,1-6H3. The Balaban J connectivity index is 2.71. The molecule has 2 aromatic heterocycles. The van der Waals surface area contributed by atoms with Crippen molar-refractivity contribution in [2.75, 3.05) is 0 Å². The van der Waals surface area contributed by atoms with Gasteiger partial charge in [0, 0.05) is 12.2 Å². The molecule has 18 heavy (non-hydrogen) atoms. The Morgan fingerprint density at radius 1 is 1.00 bits per heavy atom. The van der Waals surface area contributed by atoms with Crippen LogP contribution in [0.25, 0.3) is 11.2 Å².